The highest BCUT2D eigenvalue weighted by Gasteiger charge is 2.05. The number of non-ortho nitro benzene ring substituents is 1. The van der Waals surface area contributed by atoms with Gasteiger partial charge in [0.2, 0.25) is 0 Å². The van der Waals surface area contributed by atoms with Crippen LogP contribution in [0.4, 0.5) is 5.69 Å². The Morgan fingerprint density at radius 3 is 2.31 bits per heavy atom. The van der Waals surface area contributed by atoms with Gasteiger partial charge in [0.1, 0.15) is 12.4 Å². The summed E-state index contributed by atoms with van der Waals surface area (Å²) in [5.41, 5.74) is 4.71. The Morgan fingerprint density at radius 1 is 1.03 bits per heavy atom. The van der Waals surface area contributed by atoms with E-state index in [2.05, 4.69) is 33.1 Å². The van der Waals surface area contributed by atoms with E-state index in [9.17, 15) is 14.9 Å². The summed E-state index contributed by atoms with van der Waals surface area (Å²) >= 11 is 2.18. The highest BCUT2D eigenvalue weighted by atomic mass is 127. The zero-order valence-electron chi connectivity index (χ0n) is 15.1. The molecule has 0 fully saturated rings. The molecule has 146 valence electrons. The van der Waals surface area contributed by atoms with Crippen LogP contribution in [0.1, 0.15) is 21.5 Å². The first kappa shape index (κ1) is 20.5. The lowest BCUT2D eigenvalue weighted by Crippen LogP contribution is -2.17. The maximum absolute atomic E-state index is 12.0. The molecule has 0 radical (unpaired) electrons. The van der Waals surface area contributed by atoms with Crippen LogP contribution < -0.4 is 10.2 Å². The molecule has 3 aromatic carbocycles. The first-order chi connectivity index (χ1) is 14.0. The smallest absolute Gasteiger partial charge is 0.271 e. The molecule has 0 atom stereocenters. The van der Waals surface area contributed by atoms with E-state index in [4.69, 9.17) is 4.74 Å². The van der Waals surface area contributed by atoms with Gasteiger partial charge in [-0.1, -0.05) is 0 Å². The predicted octanol–water partition coefficient (Wildman–Crippen LogP) is 4.54. The first-order valence-electron chi connectivity index (χ1n) is 8.56. The number of halogens is 1. The molecule has 3 aromatic rings. The number of amides is 1. The Balaban J connectivity index is 1.50. The lowest BCUT2D eigenvalue weighted by atomic mass is 10.2. The number of benzene rings is 3. The number of nitrogens with zero attached hydrogens (tertiary/aromatic N) is 2. The van der Waals surface area contributed by atoms with Crippen molar-refractivity contribution in [2.24, 2.45) is 5.10 Å². The molecule has 0 aliphatic carbocycles. The number of carbonyl (C=O) groups excluding carboxylic acids is 1. The van der Waals surface area contributed by atoms with E-state index in [1.165, 1.54) is 12.1 Å². The Bertz CT molecular complexity index is 1020. The standard InChI is InChI=1S/C21H16IN3O4/c22-18-7-5-17(6-8-18)21(26)24-23-13-15-3-11-20(12-4-15)29-14-16-1-9-19(10-2-16)25(27)28/h1-13H,14H2,(H,24,26)/b23-13-. The van der Waals surface area contributed by atoms with Crippen molar-refractivity contribution in [1.82, 2.24) is 5.43 Å². The molecule has 0 heterocycles. The third-order valence-corrected chi connectivity index (χ3v) is 4.64. The quantitative estimate of drug-likeness (QED) is 0.223. The molecule has 7 nitrogen and oxygen atoms in total. The molecule has 1 N–H and O–H groups in total. The van der Waals surface area contributed by atoms with E-state index in [0.717, 1.165) is 14.7 Å². The molecule has 0 saturated carbocycles. The van der Waals surface area contributed by atoms with Gasteiger partial charge in [0.05, 0.1) is 11.1 Å². The predicted molar refractivity (Wildman–Crippen MR) is 118 cm³/mol. The van der Waals surface area contributed by atoms with E-state index < -0.39 is 4.92 Å². The molecule has 1 amide bonds. The van der Waals surface area contributed by atoms with Gasteiger partial charge >= 0.3 is 0 Å². The summed E-state index contributed by atoms with van der Waals surface area (Å²) in [5, 5.41) is 14.6. The molecule has 0 aliphatic rings. The monoisotopic (exact) mass is 501 g/mol. The highest BCUT2D eigenvalue weighted by molar-refractivity contribution is 14.1. The summed E-state index contributed by atoms with van der Waals surface area (Å²) in [5.74, 6) is 0.379. The Kier molecular flexibility index (Phi) is 6.90. The summed E-state index contributed by atoms with van der Waals surface area (Å²) in [6.07, 6.45) is 1.55. The van der Waals surface area contributed by atoms with Crippen molar-refractivity contribution in [1.29, 1.82) is 0 Å². The van der Waals surface area contributed by atoms with Crippen LogP contribution in [0.2, 0.25) is 0 Å². The molecular formula is C21H16IN3O4. The topological polar surface area (TPSA) is 93.8 Å². The Morgan fingerprint density at radius 2 is 1.69 bits per heavy atom. The van der Waals surface area contributed by atoms with Crippen molar-refractivity contribution in [3.63, 3.8) is 0 Å². The average Bonchev–Trinajstić information content (AvgIpc) is 2.74. The van der Waals surface area contributed by atoms with Crippen LogP contribution in [0.25, 0.3) is 0 Å². The fourth-order valence-corrected chi connectivity index (χ4v) is 2.72. The van der Waals surface area contributed by atoms with Crippen molar-refractivity contribution in [3.8, 4) is 5.75 Å². The van der Waals surface area contributed by atoms with Gasteiger partial charge in [-0.15, -0.1) is 0 Å². The summed E-state index contributed by atoms with van der Waals surface area (Å²) in [6, 6.07) is 20.6. The van der Waals surface area contributed by atoms with E-state index in [-0.39, 0.29) is 11.6 Å². The van der Waals surface area contributed by atoms with Gasteiger partial charge in [-0.2, -0.15) is 5.10 Å². The van der Waals surface area contributed by atoms with Crippen molar-refractivity contribution in [3.05, 3.63) is 103 Å². The highest BCUT2D eigenvalue weighted by Crippen LogP contribution is 2.16. The van der Waals surface area contributed by atoms with Crippen LogP contribution in [0, 0.1) is 13.7 Å². The molecular weight excluding hydrogens is 485 g/mol. The van der Waals surface area contributed by atoms with Crippen LogP contribution in [0.15, 0.2) is 77.9 Å². The van der Waals surface area contributed by atoms with Crippen LogP contribution in [0.3, 0.4) is 0 Å². The van der Waals surface area contributed by atoms with Gasteiger partial charge in [0.25, 0.3) is 11.6 Å². The molecule has 8 heteroatoms. The van der Waals surface area contributed by atoms with Crippen molar-refractivity contribution in [2.75, 3.05) is 0 Å². The largest absolute Gasteiger partial charge is 0.489 e. The third kappa shape index (κ3) is 6.11. The molecule has 0 aromatic heterocycles. The van der Waals surface area contributed by atoms with E-state index in [1.54, 1.807) is 42.6 Å². The minimum absolute atomic E-state index is 0.0477. The maximum Gasteiger partial charge on any atom is 0.271 e. The van der Waals surface area contributed by atoms with Crippen LogP contribution in [-0.4, -0.2) is 17.0 Å². The fraction of sp³-hybridized carbons (Fsp3) is 0.0476. The molecule has 0 bridgehead atoms. The summed E-state index contributed by atoms with van der Waals surface area (Å²) < 4.78 is 6.73. The minimum atomic E-state index is -0.437. The molecule has 29 heavy (non-hydrogen) atoms. The second-order valence-corrected chi connectivity index (χ2v) is 7.23. The normalized spacial score (nSPS) is 10.7. The van der Waals surface area contributed by atoms with Crippen molar-refractivity contribution < 1.29 is 14.5 Å². The van der Waals surface area contributed by atoms with Gasteiger partial charge in [-0.05, 0) is 94.4 Å². The van der Waals surface area contributed by atoms with E-state index >= 15 is 0 Å². The number of nitro benzene ring substituents is 1. The number of hydrogen-bond acceptors (Lipinski definition) is 5. The van der Waals surface area contributed by atoms with Gasteiger partial charge in [-0.25, -0.2) is 5.43 Å². The Labute approximate surface area is 180 Å². The van der Waals surface area contributed by atoms with Crippen LogP contribution >= 0.6 is 22.6 Å². The zero-order chi connectivity index (χ0) is 20.6. The number of carbonyl (C=O) groups is 1. The molecule has 0 saturated heterocycles. The zero-order valence-corrected chi connectivity index (χ0v) is 17.3. The lowest BCUT2D eigenvalue weighted by molar-refractivity contribution is -0.384. The van der Waals surface area contributed by atoms with E-state index in [1.807, 2.05) is 24.3 Å². The van der Waals surface area contributed by atoms with Gasteiger partial charge in [0, 0.05) is 21.3 Å². The van der Waals surface area contributed by atoms with Gasteiger partial charge in [0.15, 0.2) is 0 Å². The second-order valence-electron chi connectivity index (χ2n) is 5.99. The first-order valence-corrected chi connectivity index (χ1v) is 9.64. The molecule has 0 unspecified atom stereocenters. The van der Waals surface area contributed by atoms with Crippen LogP contribution in [-0.2, 0) is 6.61 Å². The number of hydrogen-bond donors (Lipinski definition) is 1. The van der Waals surface area contributed by atoms with Crippen molar-refractivity contribution in [2.45, 2.75) is 6.61 Å². The number of ether oxygens (including phenoxy) is 1. The molecule has 3 rings (SSSR count). The van der Waals surface area contributed by atoms with Gasteiger partial charge in [-0.3, -0.25) is 14.9 Å². The SMILES string of the molecule is O=C(N/N=C\c1ccc(OCc2ccc([N+](=O)[O-])cc2)cc1)c1ccc(I)cc1. The molecule has 0 aliphatic heterocycles. The van der Waals surface area contributed by atoms with Crippen molar-refractivity contribution >= 4 is 40.4 Å². The maximum atomic E-state index is 12.0. The number of nitrogens with one attached hydrogen (secondary N) is 1. The summed E-state index contributed by atoms with van der Waals surface area (Å²) in [6.45, 7) is 0.303. The Hall–Kier alpha value is -3.27. The number of nitro groups is 1. The lowest BCUT2D eigenvalue weighted by Gasteiger charge is -2.06. The number of hydrazone groups is 1. The molecule has 0 spiro atoms. The van der Waals surface area contributed by atoms with Gasteiger partial charge < -0.3 is 4.74 Å². The fourth-order valence-electron chi connectivity index (χ4n) is 2.36. The summed E-state index contributed by atoms with van der Waals surface area (Å²) in [7, 11) is 0. The number of rotatable bonds is 7. The average molecular weight is 501 g/mol. The second kappa shape index (κ2) is 9.78. The summed E-state index contributed by atoms with van der Waals surface area (Å²) in [4.78, 5) is 22.2. The van der Waals surface area contributed by atoms with Crippen LogP contribution in [0.5, 0.6) is 5.75 Å². The minimum Gasteiger partial charge on any atom is -0.489 e. The third-order valence-electron chi connectivity index (χ3n) is 3.92. The van der Waals surface area contributed by atoms with E-state index in [0.29, 0.717) is 17.9 Å².